The number of aromatic nitrogens is 2. The molecule has 0 fully saturated rings. The maximum atomic E-state index is 6.07. The molecule has 0 radical (unpaired) electrons. The van der Waals surface area contributed by atoms with E-state index in [9.17, 15) is 0 Å². The van der Waals surface area contributed by atoms with Gasteiger partial charge in [0.05, 0.1) is 10.6 Å². The molecule has 3 rings (SSSR count). The zero-order valence-corrected chi connectivity index (χ0v) is 10.5. The van der Waals surface area contributed by atoms with E-state index in [1.165, 1.54) is 6.39 Å². The quantitative estimate of drug-likeness (QED) is 0.717. The largest absolute Gasteiger partial charge is 0.455 e. The van der Waals surface area contributed by atoms with Crippen molar-refractivity contribution in [2.45, 2.75) is 0 Å². The summed E-state index contributed by atoms with van der Waals surface area (Å²) < 4.78 is 11.0. The molecule has 3 aromatic rings. The molecule has 0 saturated heterocycles. The van der Waals surface area contributed by atoms with Crippen LogP contribution in [0.15, 0.2) is 59.3 Å². The summed E-state index contributed by atoms with van der Waals surface area (Å²) in [5.74, 6) is 1.60. The normalized spacial score (nSPS) is 10.4. The van der Waals surface area contributed by atoms with E-state index in [1.54, 1.807) is 12.1 Å². The molecule has 1 aromatic heterocycles. The van der Waals surface area contributed by atoms with Crippen LogP contribution in [0.5, 0.6) is 11.5 Å². The highest BCUT2D eigenvalue weighted by atomic mass is 35.5. The molecule has 4 nitrogen and oxygen atoms in total. The van der Waals surface area contributed by atoms with E-state index in [4.69, 9.17) is 20.8 Å². The fraction of sp³-hybridized carbons (Fsp3) is 0. The van der Waals surface area contributed by atoms with Crippen LogP contribution in [0.1, 0.15) is 0 Å². The van der Waals surface area contributed by atoms with Crippen molar-refractivity contribution in [3.63, 3.8) is 0 Å². The Balaban J connectivity index is 2.00. The van der Waals surface area contributed by atoms with Gasteiger partial charge in [-0.15, -0.1) is 10.2 Å². The molecular weight excluding hydrogens is 264 g/mol. The molecule has 0 bridgehead atoms. The lowest BCUT2D eigenvalue weighted by atomic mass is 10.2. The fourth-order valence-electron chi connectivity index (χ4n) is 1.67. The number of halogens is 1. The zero-order valence-electron chi connectivity index (χ0n) is 9.79. The van der Waals surface area contributed by atoms with Crippen molar-refractivity contribution in [1.82, 2.24) is 10.2 Å². The number of benzene rings is 2. The van der Waals surface area contributed by atoms with E-state index in [0.29, 0.717) is 22.4 Å². The highest BCUT2D eigenvalue weighted by molar-refractivity contribution is 6.32. The number of rotatable bonds is 3. The highest BCUT2D eigenvalue weighted by Crippen LogP contribution is 2.34. The van der Waals surface area contributed by atoms with E-state index in [2.05, 4.69) is 10.2 Å². The standard InChI is InChI=1S/C14H9ClN2O2/c15-11-6-2-4-8-13(11)19-12-7-3-1-5-10(12)14-17-16-9-18-14/h1-9H. The Bertz CT molecular complexity index is 683. The van der Waals surface area contributed by atoms with Gasteiger partial charge in [0.25, 0.3) is 5.89 Å². The van der Waals surface area contributed by atoms with Gasteiger partial charge in [-0.05, 0) is 24.3 Å². The van der Waals surface area contributed by atoms with Crippen molar-refractivity contribution in [3.8, 4) is 23.0 Å². The molecule has 2 aromatic carbocycles. The first kappa shape index (κ1) is 11.7. The van der Waals surface area contributed by atoms with Gasteiger partial charge in [-0.2, -0.15) is 0 Å². The Morgan fingerprint density at radius 2 is 1.68 bits per heavy atom. The zero-order chi connectivity index (χ0) is 13.1. The van der Waals surface area contributed by atoms with Gasteiger partial charge in [0.15, 0.2) is 0 Å². The van der Waals surface area contributed by atoms with Gasteiger partial charge in [-0.1, -0.05) is 35.9 Å². The Kier molecular flexibility index (Phi) is 3.16. The smallest absolute Gasteiger partial charge is 0.251 e. The topological polar surface area (TPSA) is 48.2 Å². The van der Waals surface area contributed by atoms with Crippen LogP contribution in [0.4, 0.5) is 0 Å². The minimum Gasteiger partial charge on any atom is -0.455 e. The lowest BCUT2D eigenvalue weighted by molar-refractivity contribution is 0.480. The third-order valence-corrected chi connectivity index (χ3v) is 2.85. The lowest BCUT2D eigenvalue weighted by Crippen LogP contribution is -1.89. The number of hydrogen-bond acceptors (Lipinski definition) is 4. The summed E-state index contributed by atoms with van der Waals surface area (Å²) in [5, 5.41) is 8.09. The van der Waals surface area contributed by atoms with Gasteiger partial charge in [0, 0.05) is 0 Å². The summed E-state index contributed by atoms with van der Waals surface area (Å²) >= 11 is 6.07. The van der Waals surface area contributed by atoms with Gasteiger partial charge < -0.3 is 9.15 Å². The Hall–Kier alpha value is -2.33. The van der Waals surface area contributed by atoms with Crippen LogP contribution in [0.25, 0.3) is 11.5 Å². The summed E-state index contributed by atoms with van der Waals surface area (Å²) in [6.07, 6.45) is 1.28. The average Bonchev–Trinajstić information content (AvgIpc) is 2.96. The monoisotopic (exact) mass is 272 g/mol. The van der Waals surface area contributed by atoms with Gasteiger partial charge in [-0.25, -0.2) is 0 Å². The fourth-order valence-corrected chi connectivity index (χ4v) is 1.84. The van der Waals surface area contributed by atoms with E-state index in [1.807, 2.05) is 36.4 Å². The Morgan fingerprint density at radius 1 is 0.947 bits per heavy atom. The molecule has 0 spiro atoms. The maximum absolute atomic E-state index is 6.07. The van der Waals surface area contributed by atoms with Crippen molar-refractivity contribution in [2.75, 3.05) is 0 Å². The SMILES string of the molecule is Clc1ccccc1Oc1ccccc1-c1nnco1. The molecule has 0 aliphatic carbocycles. The number of para-hydroxylation sites is 2. The van der Waals surface area contributed by atoms with E-state index >= 15 is 0 Å². The molecule has 0 unspecified atom stereocenters. The molecule has 0 aliphatic rings. The number of hydrogen-bond donors (Lipinski definition) is 0. The van der Waals surface area contributed by atoms with Crippen molar-refractivity contribution in [2.24, 2.45) is 0 Å². The van der Waals surface area contributed by atoms with Gasteiger partial charge in [-0.3, -0.25) is 0 Å². The predicted molar refractivity (Wildman–Crippen MR) is 71.3 cm³/mol. The summed E-state index contributed by atoms with van der Waals surface area (Å²) in [6.45, 7) is 0. The van der Waals surface area contributed by atoms with Crippen LogP contribution < -0.4 is 4.74 Å². The molecule has 0 atom stereocenters. The molecule has 19 heavy (non-hydrogen) atoms. The van der Waals surface area contributed by atoms with Gasteiger partial charge >= 0.3 is 0 Å². The first-order valence-electron chi connectivity index (χ1n) is 5.62. The van der Waals surface area contributed by atoms with E-state index in [0.717, 1.165) is 5.56 Å². The molecule has 0 saturated carbocycles. The molecule has 0 N–H and O–H groups in total. The van der Waals surface area contributed by atoms with Crippen LogP contribution >= 0.6 is 11.6 Å². The number of nitrogens with zero attached hydrogens (tertiary/aromatic N) is 2. The van der Waals surface area contributed by atoms with Crippen molar-refractivity contribution >= 4 is 11.6 Å². The van der Waals surface area contributed by atoms with Crippen LogP contribution in [-0.2, 0) is 0 Å². The maximum Gasteiger partial charge on any atom is 0.251 e. The van der Waals surface area contributed by atoms with Crippen LogP contribution in [-0.4, -0.2) is 10.2 Å². The molecule has 0 aliphatic heterocycles. The second-order valence-electron chi connectivity index (χ2n) is 3.77. The first-order chi connectivity index (χ1) is 9.34. The Labute approximate surface area is 114 Å². The molecule has 94 valence electrons. The molecule has 1 heterocycles. The summed E-state index contributed by atoms with van der Waals surface area (Å²) in [4.78, 5) is 0. The van der Waals surface area contributed by atoms with Gasteiger partial charge in [0.2, 0.25) is 6.39 Å². The lowest BCUT2D eigenvalue weighted by Gasteiger charge is -2.09. The van der Waals surface area contributed by atoms with Crippen LogP contribution in [0.3, 0.4) is 0 Å². The second kappa shape index (κ2) is 5.12. The average molecular weight is 273 g/mol. The van der Waals surface area contributed by atoms with Gasteiger partial charge in [0.1, 0.15) is 11.5 Å². The predicted octanol–water partition coefficient (Wildman–Crippen LogP) is 4.18. The van der Waals surface area contributed by atoms with E-state index < -0.39 is 0 Å². The van der Waals surface area contributed by atoms with Crippen molar-refractivity contribution in [1.29, 1.82) is 0 Å². The van der Waals surface area contributed by atoms with Crippen molar-refractivity contribution in [3.05, 3.63) is 59.9 Å². The van der Waals surface area contributed by atoms with Crippen LogP contribution in [0, 0.1) is 0 Å². The second-order valence-corrected chi connectivity index (χ2v) is 4.18. The Morgan fingerprint density at radius 3 is 2.42 bits per heavy atom. The van der Waals surface area contributed by atoms with Crippen molar-refractivity contribution < 1.29 is 9.15 Å². The molecular formula is C14H9ClN2O2. The summed E-state index contributed by atoms with van der Waals surface area (Å²) in [6, 6.07) is 14.7. The molecule has 0 amide bonds. The number of ether oxygens (including phenoxy) is 1. The summed E-state index contributed by atoms with van der Waals surface area (Å²) in [5.41, 5.74) is 0.722. The first-order valence-corrected chi connectivity index (χ1v) is 6.00. The summed E-state index contributed by atoms with van der Waals surface area (Å²) in [7, 11) is 0. The highest BCUT2D eigenvalue weighted by Gasteiger charge is 2.12. The third-order valence-electron chi connectivity index (χ3n) is 2.53. The van der Waals surface area contributed by atoms with E-state index in [-0.39, 0.29) is 0 Å². The minimum absolute atomic E-state index is 0.405. The molecule has 5 heteroatoms. The van der Waals surface area contributed by atoms with Crippen LogP contribution in [0.2, 0.25) is 5.02 Å². The third kappa shape index (κ3) is 2.44. The minimum atomic E-state index is 0.405.